The smallest absolute Gasteiger partial charge is 0.323 e. The number of amides is 4. The Morgan fingerprint density at radius 3 is 1.33 bits per heavy atom. The van der Waals surface area contributed by atoms with E-state index in [0.717, 1.165) is 49.0 Å². The third kappa shape index (κ3) is 7.84. The van der Waals surface area contributed by atoms with Crippen LogP contribution in [-0.4, -0.2) is 55.7 Å². The molecule has 6 N–H and O–H groups in total. The van der Waals surface area contributed by atoms with Crippen molar-refractivity contribution in [3.8, 4) is 0 Å². The van der Waals surface area contributed by atoms with Crippen molar-refractivity contribution in [3.63, 3.8) is 0 Å². The minimum Gasteiger partial charge on any atom is -0.368 e. The van der Waals surface area contributed by atoms with Gasteiger partial charge < -0.3 is 31.9 Å². The van der Waals surface area contributed by atoms with E-state index in [9.17, 15) is 14.4 Å². The van der Waals surface area contributed by atoms with Crippen LogP contribution in [0, 0.1) is 0 Å². The zero-order valence-corrected chi connectivity index (χ0v) is 24.9. The Balaban J connectivity index is 0.00000400. The molecule has 0 bridgehead atoms. The first-order valence-corrected chi connectivity index (χ1v) is 14.2. The molecule has 0 spiro atoms. The summed E-state index contributed by atoms with van der Waals surface area (Å²) in [5.74, 6) is 1.11. The fourth-order valence-corrected chi connectivity index (χ4v) is 4.78. The first kappa shape index (κ1) is 30.8. The number of urea groups is 1. The van der Waals surface area contributed by atoms with Crippen molar-refractivity contribution in [1.29, 1.82) is 0 Å². The van der Waals surface area contributed by atoms with E-state index in [4.69, 9.17) is 0 Å². The van der Waals surface area contributed by atoms with Crippen LogP contribution in [0.25, 0.3) is 0 Å². The molecule has 2 aliphatic rings. The Kier molecular flexibility index (Phi) is 9.70. The molecule has 0 unspecified atom stereocenters. The van der Waals surface area contributed by atoms with Crippen LogP contribution in [0.15, 0.2) is 107 Å². The lowest BCUT2D eigenvalue weighted by Gasteiger charge is -2.11. The number of nitrogens with one attached hydrogen (secondary N) is 6. The van der Waals surface area contributed by atoms with E-state index in [1.807, 2.05) is 48.5 Å². The largest absolute Gasteiger partial charge is 0.368 e. The summed E-state index contributed by atoms with van der Waals surface area (Å²) < 4.78 is 0. The van der Waals surface area contributed by atoms with Crippen molar-refractivity contribution < 1.29 is 14.4 Å². The average Bonchev–Trinajstić information content (AvgIpc) is 3.78. The van der Waals surface area contributed by atoms with Gasteiger partial charge in [0.15, 0.2) is 0 Å². The number of nitrogens with zero attached hydrogens (tertiary/aromatic N) is 2. The molecular weight excluding hydrogens is 592 g/mol. The molecule has 228 valence electrons. The number of hydrogen-bond donors (Lipinski definition) is 6. The van der Waals surface area contributed by atoms with Crippen molar-refractivity contribution in [1.82, 2.24) is 10.6 Å². The number of rotatable bonds is 8. The zero-order chi connectivity index (χ0) is 30.3. The van der Waals surface area contributed by atoms with Gasteiger partial charge in [0.2, 0.25) is 0 Å². The summed E-state index contributed by atoms with van der Waals surface area (Å²) >= 11 is 0. The number of amidine groups is 2. The van der Waals surface area contributed by atoms with E-state index in [1.54, 1.807) is 48.5 Å². The van der Waals surface area contributed by atoms with E-state index < -0.39 is 6.03 Å². The second kappa shape index (κ2) is 14.2. The Morgan fingerprint density at radius 1 is 0.533 bits per heavy atom. The molecule has 4 amide bonds. The van der Waals surface area contributed by atoms with Crippen LogP contribution in [0.3, 0.4) is 0 Å². The molecule has 0 radical (unpaired) electrons. The molecule has 45 heavy (non-hydrogen) atoms. The number of carbonyl (C=O) groups is 3. The quantitative estimate of drug-likeness (QED) is 0.164. The predicted octanol–water partition coefficient (Wildman–Crippen LogP) is 4.96. The number of hydrogen-bond acceptors (Lipinski definition) is 7. The lowest BCUT2D eigenvalue weighted by Crippen LogP contribution is -2.20. The summed E-state index contributed by atoms with van der Waals surface area (Å²) in [6.45, 7) is 3.09. The van der Waals surface area contributed by atoms with E-state index in [1.165, 1.54) is 0 Å². The molecule has 0 atom stereocenters. The molecule has 0 saturated heterocycles. The van der Waals surface area contributed by atoms with Crippen molar-refractivity contribution in [2.24, 2.45) is 9.98 Å². The fourth-order valence-electron chi connectivity index (χ4n) is 4.78. The van der Waals surface area contributed by atoms with Crippen LogP contribution in [0.4, 0.5) is 27.5 Å². The number of benzene rings is 4. The molecule has 4 aromatic rings. The minimum absolute atomic E-state index is 0. The van der Waals surface area contributed by atoms with Gasteiger partial charge in [0.1, 0.15) is 11.7 Å². The Bertz CT molecular complexity index is 1640. The number of aliphatic imine (C=N–C) groups is 2. The Morgan fingerprint density at radius 2 is 0.956 bits per heavy atom. The van der Waals surface area contributed by atoms with Gasteiger partial charge >= 0.3 is 6.03 Å². The Labute approximate surface area is 266 Å². The van der Waals surface area contributed by atoms with E-state index in [2.05, 4.69) is 41.9 Å². The zero-order valence-electron chi connectivity index (χ0n) is 24.1. The number of halogens is 1. The molecule has 2 heterocycles. The van der Waals surface area contributed by atoms with Crippen molar-refractivity contribution in [2.45, 2.75) is 0 Å². The van der Waals surface area contributed by atoms with E-state index in [-0.39, 0.29) is 24.2 Å². The first-order valence-electron chi connectivity index (χ1n) is 14.2. The van der Waals surface area contributed by atoms with Gasteiger partial charge in [-0.05, 0) is 72.8 Å². The van der Waals surface area contributed by atoms with Crippen LogP contribution in [-0.2, 0) is 0 Å². The predicted molar refractivity (Wildman–Crippen MR) is 180 cm³/mol. The highest BCUT2D eigenvalue weighted by Gasteiger charge is 2.13. The maximum Gasteiger partial charge on any atom is 0.323 e. The molecule has 4 aromatic carbocycles. The summed E-state index contributed by atoms with van der Waals surface area (Å²) in [6.07, 6.45) is 0. The van der Waals surface area contributed by atoms with Crippen molar-refractivity contribution in [2.75, 3.05) is 47.4 Å². The molecule has 12 heteroatoms. The maximum absolute atomic E-state index is 12.8. The first-order chi connectivity index (χ1) is 21.5. The summed E-state index contributed by atoms with van der Waals surface area (Å²) in [5.41, 5.74) is 5.08. The van der Waals surface area contributed by atoms with Gasteiger partial charge in [-0.2, -0.15) is 0 Å². The number of anilines is 4. The van der Waals surface area contributed by atoms with Crippen LogP contribution >= 0.6 is 12.4 Å². The van der Waals surface area contributed by atoms with Crippen molar-refractivity contribution in [3.05, 3.63) is 119 Å². The Hall–Kier alpha value is -5.68. The summed E-state index contributed by atoms with van der Waals surface area (Å²) in [7, 11) is 0. The molecule has 0 aliphatic carbocycles. The third-order valence-corrected chi connectivity index (χ3v) is 6.95. The highest BCUT2D eigenvalue weighted by atomic mass is 35.5. The van der Waals surface area contributed by atoms with Gasteiger partial charge in [-0.1, -0.05) is 24.3 Å². The van der Waals surface area contributed by atoms with Gasteiger partial charge in [-0.25, -0.2) is 4.79 Å². The molecule has 2 aliphatic heterocycles. The summed E-state index contributed by atoms with van der Waals surface area (Å²) in [5, 5.41) is 17.7. The van der Waals surface area contributed by atoms with Gasteiger partial charge in [0.25, 0.3) is 11.8 Å². The third-order valence-electron chi connectivity index (χ3n) is 6.95. The second-order valence-electron chi connectivity index (χ2n) is 10.1. The van der Waals surface area contributed by atoms with Crippen LogP contribution < -0.4 is 31.9 Å². The number of carbonyl (C=O) groups excluding carboxylic acids is 3. The average molecular weight is 623 g/mol. The second-order valence-corrected chi connectivity index (χ2v) is 10.1. The topological polar surface area (TPSA) is 148 Å². The van der Waals surface area contributed by atoms with Gasteiger partial charge in [-0.3, -0.25) is 19.6 Å². The normalized spacial score (nSPS) is 13.2. The van der Waals surface area contributed by atoms with Gasteiger partial charge in [0, 0.05) is 58.1 Å². The van der Waals surface area contributed by atoms with Crippen molar-refractivity contribution >= 4 is 64.7 Å². The van der Waals surface area contributed by atoms with Crippen LogP contribution in [0.2, 0.25) is 0 Å². The molecular formula is C33H31ClN8O3. The highest BCUT2D eigenvalue weighted by molar-refractivity contribution is 6.08. The lowest BCUT2D eigenvalue weighted by molar-refractivity contribution is 0.101. The van der Waals surface area contributed by atoms with E-state index in [0.29, 0.717) is 33.9 Å². The maximum atomic E-state index is 12.8. The highest BCUT2D eigenvalue weighted by Crippen LogP contribution is 2.18. The lowest BCUT2D eigenvalue weighted by atomic mass is 10.1. The molecule has 11 nitrogen and oxygen atoms in total. The monoisotopic (exact) mass is 622 g/mol. The van der Waals surface area contributed by atoms with Gasteiger partial charge in [0.05, 0.1) is 13.1 Å². The molecule has 6 rings (SSSR count). The standard InChI is InChI=1S/C33H30N8O3.ClH/c42-31(38-27-5-1-3-23(19-27)29-34-15-16-35-29)21-7-11-25(12-8-21)40-33(44)41-26-13-9-22(10-14-26)32(43)39-28-6-2-4-24(20-28)30-36-17-18-37-30;/h1-14,19-20H,15-18H2,(H,34,35)(H,36,37)(H,38,42)(H,39,43)(H2,40,41,44);1H. The van der Waals surface area contributed by atoms with Crippen LogP contribution in [0.5, 0.6) is 0 Å². The SMILES string of the molecule is Cl.O=C(Nc1ccc(C(=O)Nc2cccc(C3=NCCN3)c2)cc1)Nc1ccc(C(=O)Nc2cccc(C3=NCCN3)c2)cc1. The fraction of sp³-hybridized carbons (Fsp3) is 0.121. The summed E-state index contributed by atoms with van der Waals surface area (Å²) in [4.78, 5) is 47.0. The van der Waals surface area contributed by atoms with Crippen LogP contribution in [0.1, 0.15) is 31.8 Å². The molecule has 0 fully saturated rings. The molecule has 0 saturated carbocycles. The van der Waals surface area contributed by atoms with E-state index >= 15 is 0 Å². The minimum atomic E-state index is -0.458. The van der Waals surface area contributed by atoms with Gasteiger partial charge in [-0.15, -0.1) is 12.4 Å². The molecule has 0 aromatic heterocycles. The summed E-state index contributed by atoms with van der Waals surface area (Å²) in [6, 6.07) is 27.7.